The van der Waals surface area contributed by atoms with Crippen molar-refractivity contribution in [2.45, 2.75) is 44.7 Å². The minimum atomic E-state index is -3.72. The molecule has 0 aliphatic rings. The maximum Gasteiger partial charge on any atom is 0.240 e. The first-order valence-electron chi connectivity index (χ1n) is 10.3. The summed E-state index contributed by atoms with van der Waals surface area (Å²) < 4.78 is 27.9. The Morgan fingerprint density at radius 3 is 2.00 bits per heavy atom. The minimum absolute atomic E-state index is 0.118. The van der Waals surface area contributed by atoms with E-state index in [1.165, 1.54) is 5.56 Å². The Balaban J connectivity index is 1.84. The zero-order chi connectivity index (χ0) is 22.6. The van der Waals surface area contributed by atoms with Gasteiger partial charge in [-0.2, -0.15) is 0 Å². The molecular weight excluding hydrogens is 408 g/mol. The largest absolute Gasteiger partial charge is 0.389 e. The maximum atomic E-state index is 12.7. The summed E-state index contributed by atoms with van der Waals surface area (Å²) in [6.07, 6.45) is -0.984. The topological polar surface area (TPSA) is 78.4 Å². The van der Waals surface area contributed by atoms with Gasteiger partial charge in [-0.1, -0.05) is 65.7 Å². The molecule has 0 bridgehead atoms. The van der Waals surface area contributed by atoms with Crippen LogP contribution in [-0.4, -0.2) is 26.2 Å². The molecule has 0 aliphatic carbocycles. The van der Waals surface area contributed by atoms with Crippen molar-refractivity contribution in [3.63, 3.8) is 0 Å². The molecule has 164 valence electrons. The molecule has 0 spiro atoms. The van der Waals surface area contributed by atoms with Crippen LogP contribution in [0.3, 0.4) is 0 Å². The third kappa shape index (κ3) is 5.73. The zero-order valence-corrected chi connectivity index (χ0v) is 19.2. The van der Waals surface area contributed by atoms with E-state index in [-0.39, 0.29) is 11.4 Å². The van der Waals surface area contributed by atoms with Gasteiger partial charge in [0.2, 0.25) is 10.0 Å². The lowest BCUT2D eigenvalue weighted by Gasteiger charge is -2.28. The standard InChI is InChI=1S/C25H30N2O3S/c1-17-10-12-22(13-11-17)31(29,30)26-16-23(28)25(21-8-6-5-7-9-21)27-24-19(3)14-18(2)15-20(24)4/h5-15,23,25-28H,16H2,1-4H3. The van der Waals surface area contributed by atoms with E-state index in [1.54, 1.807) is 24.3 Å². The molecule has 2 atom stereocenters. The number of hydrogen-bond donors (Lipinski definition) is 3. The van der Waals surface area contributed by atoms with E-state index >= 15 is 0 Å². The van der Waals surface area contributed by atoms with Crippen LogP contribution in [0.4, 0.5) is 5.69 Å². The van der Waals surface area contributed by atoms with Crippen LogP contribution in [0.2, 0.25) is 0 Å². The van der Waals surface area contributed by atoms with Gasteiger partial charge in [0.15, 0.2) is 0 Å². The molecule has 0 aromatic heterocycles. The number of aliphatic hydroxyl groups excluding tert-OH is 1. The normalized spacial score (nSPS) is 13.6. The fourth-order valence-corrected chi connectivity index (χ4v) is 4.79. The van der Waals surface area contributed by atoms with Crippen LogP contribution in [0.25, 0.3) is 0 Å². The van der Waals surface area contributed by atoms with Crippen LogP contribution in [-0.2, 0) is 10.0 Å². The van der Waals surface area contributed by atoms with E-state index in [1.807, 2.05) is 58.0 Å². The number of anilines is 1. The Kier molecular flexibility index (Phi) is 7.15. The Morgan fingerprint density at radius 2 is 1.42 bits per heavy atom. The van der Waals surface area contributed by atoms with Gasteiger partial charge in [-0.3, -0.25) is 0 Å². The summed E-state index contributed by atoms with van der Waals surface area (Å²) in [6.45, 7) is 7.88. The van der Waals surface area contributed by atoms with E-state index in [0.717, 1.165) is 27.9 Å². The van der Waals surface area contributed by atoms with Gasteiger partial charge in [0, 0.05) is 12.2 Å². The number of rotatable bonds is 8. The van der Waals surface area contributed by atoms with E-state index in [2.05, 4.69) is 22.2 Å². The Morgan fingerprint density at radius 1 is 0.839 bits per heavy atom. The highest BCUT2D eigenvalue weighted by molar-refractivity contribution is 7.89. The predicted molar refractivity (Wildman–Crippen MR) is 126 cm³/mol. The van der Waals surface area contributed by atoms with Crippen LogP contribution in [0.15, 0.2) is 71.6 Å². The predicted octanol–water partition coefficient (Wildman–Crippen LogP) is 4.41. The molecule has 3 N–H and O–H groups in total. The molecule has 0 radical (unpaired) electrons. The highest BCUT2D eigenvalue weighted by Crippen LogP contribution is 2.29. The van der Waals surface area contributed by atoms with Gasteiger partial charge < -0.3 is 10.4 Å². The summed E-state index contributed by atoms with van der Waals surface area (Å²) in [5.74, 6) is 0. The molecule has 2 unspecified atom stereocenters. The molecule has 5 nitrogen and oxygen atoms in total. The highest BCUT2D eigenvalue weighted by atomic mass is 32.2. The van der Waals surface area contributed by atoms with Gasteiger partial charge in [-0.05, 0) is 56.5 Å². The van der Waals surface area contributed by atoms with Crippen molar-refractivity contribution in [1.82, 2.24) is 4.72 Å². The van der Waals surface area contributed by atoms with E-state index in [9.17, 15) is 13.5 Å². The van der Waals surface area contributed by atoms with Crippen LogP contribution in [0.1, 0.15) is 33.9 Å². The quantitative estimate of drug-likeness (QED) is 0.487. The van der Waals surface area contributed by atoms with Crippen molar-refractivity contribution in [2.24, 2.45) is 0 Å². The summed E-state index contributed by atoms with van der Waals surface area (Å²) in [5, 5.41) is 14.5. The first-order chi connectivity index (χ1) is 14.7. The van der Waals surface area contributed by atoms with Gasteiger partial charge in [0.1, 0.15) is 0 Å². The average molecular weight is 439 g/mol. The molecule has 0 heterocycles. The van der Waals surface area contributed by atoms with Gasteiger partial charge in [0.25, 0.3) is 0 Å². The second-order valence-electron chi connectivity index (χ2n) is 8.04. The molecule has 0 saturated carbocycles. The van der Waals surface area contributed by atoms with Gasteiger partial charge >= 0.3 is 0 Å². The van der Waals surface area contributed by atoms with E-state index in [4.69, 9.17) is 0 Å². The highest BCUT2D eigenvalue weighted by Gasteiger charge is 2.25. The Labute approximate surface area is 185 Å². The van der Waals surface area contributed by atoms with Crippen molar-refractivity contribution in [2.75, 3.05) is 11.9 Å². The number of hydrogen-bond acceptors (Lipinski definition) is 4. The number of aliphatic hydroxyl groups is 1. The summed E-state index contributed by atoms with van der Waals surface area (Å²) in [4.78, 5) is 0.180. The van der Waals surface area contributed by atoms with Crippen molar-refractivity contribution >= 4 is 15.7 Å². The lowest BCUT2D eigenvalue weighted by molar-refractivity contribution is 0.156. The van der Waals surface area contributed by atoms with E-state index < -0.39 is 22.2 Å². The van der Waals surface area contributed by atoms with E-state index in [0.29, 0.717) is 0 Å². The first kappa shape index (κ1) is 23.0. The summed E-state index contributed by atoms with van der Waals surface area (Å²) in [7, 11) is -3.72. The Hall–Kier alpha value is -2.67. The SMILES string of the molecule is Cc1ccc(S(=O)(=O)NCC(O)C(Nc2c(C)cc(C)cc2C)c2ccccc2)cc1. The molecule has 3 aromatic carbocycles. The summed E-state index contributed by atoms with van der Waals surface area (Å²) >= 11 is 0. The van der Waals surface area contributed by atoms with Crippen molar-refractivity contribution in [3.05, 3.63) is 94.5 Å². The average Bonchev–Trinajstić information content (AvgIpc) is 2.72. The number of sulfonamides is 1. The number of aryl methyl sites for hydroxylation is 4. The third-order valence-electron chi connectivity index (χ3n) is 5.33. The molecule has 0 saturated heterocycles. The molecule has 0 fully saturated rings. The van der Waals surface area contributed by atoms with Crippen LogP contribution < -0.4 is 10.0 Å². The third-order valence-corrected chi connectivity index (χ3v) is 6.77. The van der Waals surface area contributed by atoms with Crippen LogP contribution in [0, 0.1) is 27.7 Å². The second-order valence-corrected chi connectivity index (χ2v) is 9.81. The number of nitrogens with one attached hydrogen (secondary N) is 2. The second kappa shape index (κ2) is 9.64. The minimum Gasteiger partial charge on any atom is -0.389 e. The molecule has 3 rings (SSSR count). The smallest absolute Gasteiger partial charge is 0.240 e. The van der Waals surface area contributed by atoms with Crippen molar-refractivity contribution in [1.29, 1.82) is 0 Å². The molecule has 3 aromatic rings. The fraction of sp³-hybridized carbons (Fsp3) is 0.280. The zero-order valence-electron chi connectivity index (χ0n) is 18.4. The monoisotopic (exact) mass is 438 g/mol. The number of benzene rings is 3. The molecule has 0 amide bonds. The molecule has 31 heavy (non-hydrogen) atoms. The molecule has 6 heteroatoms. The summed E-state index contributed by atoms with van der Waals surface area (Å²) in [5.41, 5.74) is 6.12. The van der Waals surface area contributed by atoms with Gasteiger partial charge in [-0.25, -0.2) is 13.1 Å². The maximum absolute atomic E-state index is 12.7. The fourth-order valence-electron chi connectivity index (χ4n) is 3.74. The van der Waals surface area contributed by atoms with Crippen LogP contribution in [0.5, 0.6) is 0 Å². The van der Waals surface area contributed by atoms with Gasteiger partial charge in [-0.15, -0.1) is 0 Å². The lowest BCUT2D eigenvalue weighted by Crippen LogP contribution is -2.38. The van der Waals surface area contributed by atoms with Crippen molar-refractivity contribution < 1.29 is 13.5 Å². The summed E-state index contributed by atoms with van der Waals surface area (Å²) in [6, 6.07) is 19.9. The van der Waals surface area contributed by atoms with Crippen LogP contribution >= 0.6 is 0 Å². The molecule has 0 aliphatic heterocycles. The lowest BCUT2D eigenvalue weighted by atomic mass is 9.98. The van der Waals surface area contributed by atoms with Crippen molar-refractivity contribution in [3.8, 4) is 0 Å². The molecular formula is C25H30N2O3S. The first-order valence-corrected chi connectivity index (χ1v) is 11.8. The Bertz CT molecular complexity index is 1100. The van der Waals surface area contributed by atoms with Gasteiger partial charge in [0.05, 0.1) is 17.0 Å².